The summed E-state index contributed by atoms with van der Waals surface area (Å²) in [6.07, 6.45) is 3.12. The number of nitrogens with zero attached hydrogens (tertiary/aromatic N) is 2. The van der Waals surface area contributed by atoms with Gasteiger partial charge in [-0.1, -0.05) is 0 Å². The number of pyridine rings is 1. The molecule has 19 heavy (non-hydrogen) atoms. The van der Waals surface area contributed by atoms with E-state index < -0.39 is 9.84 Å². The lowest BCUT2D eigenvalue weighted by atomic mass is 10.2. The van der Waals surface area contributed by atoms with E-state index in [0.29, 0.717) is 23.4 Å². The average Bonchev–Trinajstić information content (AvgIpc) is 2.80. The second-order valence-corrected chi connectivity index (χ2v) is 8.40. The second-order valence-electron chi connectivity index (χ2n) is 4.70. The summed E-state index contributed by atoms with van der Waals surface area (Å²) in [6, 6.07) is 1.89. The molecule has 2 aromatic rings. The van der Waals surface area contributed by atoms with Crippen LogP contribution in [0.5, 0.6) is 0 Å². The quantitative estimate of drug-likeness (QED) is 0.834. The normalized spacial score (nSPS) is 22.1. The van der Waals surface area contributed by atoms with Gasteiger partial charge in [0, 0.05) is 17.2 Å². The highest BCUT2D eigenvalue weighted by Crippen LogP contribution is 2.24. The molecule has 0 radical (unpaired) electrons. The first-order valence-electron chi connectivity index (χ1n) is 5.93. The van der Waals surface area contributed by atoms with E-state index in [0.717, 1.165) is 16.4 Å². The third-order valence-corrected chi connectivity index (χ3v) is 6.44. The molecular weight excluding hydrogens is 350 g/mol. The molecule has 0 amide bonds. The van der Waals surface area contributed by atoms with Gasteiger partial charge in [-0.15, -0.1) is 0 Å². The lowest BCUT2D eigenvalue weighted by Crippen LogP contribution is -2.22. The van der Waals surface area contributed by atoms with Crippen molar-refractivity contribution in [1.82, 2.24) is 14.5 Å². The van der Waals surface area contributed by atoms with Crippen LogP contribution in [0, 0.1) is 4.77 Å². The van der Waals surface area contributed by atoms with Crippen molar-refractivity contribution in [2.75, 3.05) is 5.75 Å². The fourth-order valence-electron chi connectivity index (χ4n) is 2.45. The highest BCUT2D eigenvalue weighted by Gasteiger charge is 2.32. The van der Waals surface area contributed by atoms with E-state index in [1.807, 2.05) is 6.07 Å². The number of rotatable bonds is 2. The molecule has 0 aliphatic carbocycles. The number of hydrogen-bond donors (Lipinski definition) is 1. The Morgan fingerprint density at radius 3 is 3.05 bits per heavy atom. The van der Waals surface area contributed by atoms with Gasteiger partial charge >= 0.3 is 0 Å². The highest BCUT2D eigenvalue weighted by molar-refractivity contribution is 9.10. The predicted octanol–water partition coefficient (Wildman–Crippen LogP) is 2.43. The van der Waals surface area contributed by atoms with E-state index >= 15 is 0 Å². The van der Waals surface area contributed by atoms with Crippen molar-refractivity contribution in [3.8, 4) is 0 Å². The van der Waals surface area contributed by atoms with E-state index in [2.05, 4.69) is 25.9 Å². The first-order valence-corrected chi connectivity index (χ1v) is 8.85. The third-order valence-electron chi connectivity index (χ3n) is 3.42. The number of fused-ring (bicyclic) bond motifs is 1. The first-order chi connectivity index (χ1) is 8.97. The molecule has 2 aromatic heterocycles. The van der Waals surface area contributed by atoms with E-state index in [1.165, 1.54) is 0 Å². The number of aromatic amines is 1. The van der Waals surface area contributed by atoms with Gasteiger partial charge in [-0.05, 0) is 47.1 Å². The first kappa shape index (κ1) is 13.3. The summed E-state index contributed by atoms with van der Waals surface area (Å²) in [6.45, 7) is 0.385. The van der Waals surface area contributed by atoms with E-state index in [1.54, 1.807) is 10.8 Å². The largest absolute Gasteiger partial charge is 0.329 e. The zero-order chi connectivity index (χ0) is 13.6. The summed E-state index contributed by atoms with van der Waals surface area (Å²) < 4.78 is 27.0. The Morgan fingerprint density at radius 1 is 1.58 bits per heavy atom. The van der Waals surface area contributed by atoms with Crippen LogP contribution >= 0.6 is 28.1 Å². The van der Waals surface area contributed by atoms with Crippen LogP contribution in [-0.2, 0) is 16.4 Å². The number of hydrogen-bond acceptors (Lipinski definition) is 4. The van der Waals surface area contributed by atoms with Crippen LogP contribution in [0.4, 0.5) is 0 Å². The molecular formula is C11H12BrN3O2S2. The zero-order valence-corrected chi connectivity index (χ0v) is 13.2. The molecule has 1 N–H and O–H groups in total. The minimum absolute atomic E-state index is 0.284. The number of sulfone groups is 1. The maximum atomic E-state index is 11.9. The van der Waals surface area contributed by atoms with Crippen molar-refractivity contribution in [1.29, 1.82) is 0 Å². The van der Waals surface area contributed by atoms with Gasteiger partial charge in [0.1, 0.15) is 0 Å². The SMILES string of the molecule is O=S1(=O)CCCC1Cn1c(=S)[nH]c2cc(Br)cnc21. The summed E-state index contributed by atoms with van der Waals surface area (Å²) in [5.74, 6) is 0.284. The average molecular weight is 362 g/mol. The number of H-pyrrole nitrogens is 1. The van der Waals surface area contributed by atoms with Crippen molar-refractivity contribution in [3.63, 3.8) is 0 Å². The Bertz CT molecular complexity index is 794. The van der Waals surface area contributed by atoms with Crippen molar-refractivity contribution >= 4 is 49.1 Å². The lowest BCUT2D eigenvalue weighted by molar-refractivity contribution is 0.567. The van der Waals surface area contributed by atoms with Gasteiger partial charge in [0.2, 0.25) is 0 Å². The summed E-state index contributed by atoms with van der Waals surface area (Å²) in [5, 5.41) is -0.344. The van der Waals surface area contributed by atoms with Gasteiger partial charge in [0.05, 0.1) is 16.5 Å². The summed E-state index contributed by atoms with van der Waals surface area (Å²) in [7, 11) is -2.97. The van der Waals surface area contributed by atoms with Gasteiger partial charge in [0.25, 0.3) is 0 Å². The summed E-state index contributed by atoms with van der Waals surface area (Å²) in [4.78, 5) is 7.37. The monoisotopic (exact) mass is 361 g/mol. The molecule has 0 bridgehead atoms. The van der Waals surface area contributed by atoms with E-state index in [4.69, 9.17) is 12.2 Å². The number of halogens is 1. The van der Waals surface area contributed by atoms with Gasteiger partial charge in [0.15, 0.2) is 20.3 Å². The molecule has 1 atom stereocenters. The molecule has 3 rings (SSSR count). The standard InChI is InChI=1S/C11H12BrN3O2S2/c12-7-4-9-10(13-5-7)15(11(18)14-9)6-8-2-1-3-19(8,16)17/h4-5,8H,1-3,6H2,(H,14,18). The van der Waals surface area contributed by atoms with Crippen LogP contribution in [0.15, 0.2) is 16.7 Å². The molecule has 1 aliphatic heterocycles. The molecule has 0 spiro atoms. The van der Waals surface area contributed by atoms with Crippen LogP contribution in [-0.4, -0.2) is 34.0 Å². The second kappa shape index (κ2) is 4.68. The Kier molecular flexibility index (Phi) is 3.26. The van der Waals surface area contributed by atoms with Gasteiger partial charge in [-0.3, -0.25) is 0 Å². The molecule has 5 nitrogen and oxygen atoms in total. The van der Waals surface area contributed by atoms with Gasteiger partial charge in [-0.25, -0.2) is 13.4 Å². The van der Waals surface area contributed by atoms with E-state index in [9.17, 15) is 8.42 Å². The van der Waals surface area contributed by atoms with Crippen LogP contribution in [0.25, 0.3) is 11.2 Å². The lowest BCUT2D eigenvalue weighted by Gasteiger charge is -2.10. The fourth-order valence-corrected chi connectivity index (χ4v) is 4.86. The number of nitrogens with one attached hydrogen (secondary N) is 1. The highest BCUT2D eigenvalue weighted by atomic mass is 79.9. The van der Waals surface area contributed by atoms with Crippen LogP contribution in [0.2, 0.25) is 0 Å². The van der Waals surface area contributed by atoms with Crippen molar-refractivity contribution in [3.05, 3.63) is 21.5 Å². The van der Waals surface area contributed by atoms with Crippen LogP contribution < -0.4 is 0 Å². The molecule has 0 saturated carbocycles. The molecule has 102 valence electrons. The third kappa shape index (κ3) is 2.36. The molecule has 1 unspecified atom stereocenters. The topological polar surface area (TPSA) is 67.8 Å². The molecule has 1 fully saturated rings. The smallest absolute Gasteiger partial charge is 0.179 e. The minimum Gasteiger partial charge on any atom is -0.329 e. The van der Waals surface area contributed by atoms with Crippen LogP contribution in [0.1, 0.15) is 12.8 Å². The molecule has 3 heterocycles. The Labute approximate surface area is 124 Å². The Hall–Kier alpha value is -0.730. The predicted molar refractivity (Wildman–Crippen MR) is 79.4 cm³/mol. The van der Waals surface area contributed by atoms with Crippen molar-refractivity contribution in [2.24, 2.45) is 0 Å². The molecule has 1 aliphatic rings. The summed E-state index contributed by atoms with van der Waals surface area (Å²) >= 11 is 8.61. The molecule has 0 aromatic carbocycles. The zero-order valence-electron chi connectivity index (χ0n) is 9.97. The summed E-state index contributed by atoms with van der Waals surface area (Å²) in [5.41, 5.74) is 1.52. The van der Waals surface area contributed by atoms with E-state index in [-0.39, 0.29) is 11.0 Å². The number of aromatic nitrogens is 3. The molecule has 1 saturated heterocycles. The maximum absolute atomic E-state index is 11.9. The number of imidazole rings is 1. The fraction of sp³-hybridized carbons (Fsp3) is 0.455. The van der Waals surface area contributed by atoms with Gasteiger partial charge in [-0.2, -0.15) is 0 Å². The molecule has 8 heteroatoms. The Balaban J connectivity index is 2.06. The minimum atomic E-state index is -2.97. The van der Waals surface area contributed by atoms with Crippen molar-refractivity contribution in [2.45, 2.75) is 24.6 Å². The van der Waals surface area contributed by atoms with Gasteiger partial charge < -0.3 is 9.55 Å². The maximum Gasteiger partial charge on any atom is 0.179 e. The van der Waals surface area contributed by atoms with Crippen molar-refractivity contribution < 1.29 is 8.42 Å². The van der Waals surface area contributed by atoms with Crippen LogP contribution in [0.3, 0.4) is 0 Å². The Morgan fingerprint density at radius 2 is 2.37 bits per heavy atom.